The zero-order valence-corrected chi connectivity index (χ0v) is 11.8. The van der Waals surface area contributed by atoms with E-state index in [0.29, 0.717) is 0 Å². The van der Waals surface area contributed by atoms with Crippen LogP contribution in [0.5, 0.6) is 0 Å². The fraction of sp³-hybridized carbons (Fsp3) is 0.462. The van der Waals surface area contributed by atoms with Gasteiger partial charge in [-0.15, -0.1) is 0 Å². The van der Waals surface area contributed by atoms with Gasteiger partial charge in [0.25, 0.3) is 0 Å². The zero-order chi connectivity index (χ0) is 14.2. The molecule has 0 spiro atoms. The molecule has 0 aromatic heterocycles. The van der Waals surface area contributed by atoms with Crippen LogP contribution >= 0.6 is 0 Å². The fourth-order valence-electron chi connectivity index (χ4n) is 1.80. The molecule has 5 nitrogen and oxygen atoms in total. The van der Waals surface area contributed by atoms with Gasteiger partial charge in [0.15, 0.2) is 9.84 Å². The van der Waals surface area contributed by atoms with Crippen molar-refractivity contribution in [1.82, 2.24) is 5.32 Å². The monoisotopic (exact) mass is 282 g/mol. The normalized spacial score (nSPS) is 16.9. The second kappa shape index (κ2) is 4.85. The molecule has 0 bridgehead atoms. The number of carbonyl (C=O) groups excluding carboxylic acids is 1. The number of hydrogen-bond donors (Lipinski definition) is 2. The number of nitrogens with two attached hydrogens (primary N) is 1. The standard InChI is InChI=1S/C13H18N2O3S/c1-8-3-6-12(11(14)7-8)19(17,18)9(2)13(16)15-10-4-5-10/h3,6-7,9-10H,4-5,14H2,1-2H3,(H,15,16). The van der Waals surface area contributed by atoms with Crippen molar-refractivity contribution in [1.29, 1.82) is 0 Å². The first-order valence-corrected chi connectivity index (χ1v) is 7.77. The van der Waals surface area contributed by atoms with Crippen LogP contribution in [0.1, 0.15) is 25.3 Å². The van der Waals surface area contributed by atoms with Crippen molar-refractivity contribution in [3.8, 4) is 0 Å². The van der Waals surface area contributed by atoms with Gasteiger partial charge in [-0.1, -0.05) is 6.07 Å². The maximum atomic E-state index is 12.4. The molecule has 1 fully saturated rings. The van der Waals surface area contributed by atoms with E-state index < -0.39 is 21.0 Å². The van der Waals surface area contributed by atoms with E-state index in [9.17, 15) is 13.2 Å². The first-order valence-electron chi connectivity index (χ1n) is 6.23. The summed E-state index contributed by atoms with van der Waals surface area (Å²) >= 11 is 0. The van der Waals surface area contributed by atoms with Gasteiger partial charge in [-0.2, -0.15) is 0 Å². The molecule has 1 aliphatic carbocycles. The number of hydrogen-bond acceptors (Lipinski definition) is 4. The number of anilines is 1. The van der Waals surface area contributed by atoms with Crippen LogP contribution < -0.4 is 11.1 Å². The van der Waals surface area contributed by atoms with Gasteiger partial charge in [-0.25, -0.2) is 8.42 Å². The number of benzene rings is 1. The second-order valence-corrected chi connectivity index (χ2v) is 7.25. The van der Waals surface area contributed by atoms with Crippen molar-refractivity contribution in [3.05, 3.63) is 23.8 Å². The van der Waals surface area contributed by atoms with Gasteiger partial charge >= 0.3 is 0 Å². The lowest BCUT2D eigenvalue weighted by Crippen LogP contribution is -2.39. The Labute approximate surface area is 113 Å². The van der Waals surface area contributed by atoms with Crippen LogP contribution in [0, 0.1) is 6.92 Å². The maximum absolute atomic E-state index is 12.4. The summed E-state index contributed by atoms with van der Waals surface area (Å²) in [6, 6.07) is 4.87. The predicted octanol–water partition coefficient (Wildman–Crippen LogP) is 1.02. The van der Waals surface area contributed by atoms with Crippen molar-refractivity contribution in [2.45, 2.75) is 42.9 Å². The van der Waals surface area contributed by atoms with Crippen LogP contribution in [0.3, 0.4) is 0 Å². The topological polar surface area (TPSA) is 89.3 Å². The smallest absolute Gasteiger partial charge is 0.238 e. The van der Waals surface area contributed by atoms with Gasteiger partial charge in [0, 0.05) is 6.04 Å². The highest BCUT2D eigenvalue weighted by molar-refractivity contribution is 7.93. The van der Waals surface area contributed by atoms with E-state index >= 15 is 0 Å². The summed E-state index contributed by atoms with van der Waals surface area (Å²) in [5, 5.41) is 1.57. The Morgan fingerprint density at radius 1 is 1.42 bits per heavy atom. The third kappa shape index (κ3) is 2.89. The van der Waals surface area contributed by atoms with E-state index in [1.165, 1.54) is 13.0 Å². The molecule has 0 aliphatic heterocycles. The summed E-state index contributed by atoms with van der Waals surface area (Å²) < 4.78 is 24.7. The van der Waals surface area contributed by atoms with Gasteiger partial charge in [0.2, 0.25) is 5.91 Å². The Kier molecular flexibility index (Phi) is 3.54. The minimum atomic E-state index is -3.74. The van der Waals surface area contributed by atoms with E-state index in [4.69, 9.17) is 5.73 Å². The fourth-order valence-corrected chi connectivity index (χ4v) is 3.18. The Morgan fingerprint density at radius 3 is 2.58 bits per heavy atom. The number of rotatable bonds is 4. The van der Waals surface area contributed by atoms with E-state index in [1.54, 1.807) is 12.1 Å². The van der Waals surface area contributed by atoms with E-state index in [-0.39, 0.29) is 16.6 Å². The van der Waals surface area contributed by atoms with Crippen LogP contribution in [-0.2, 0) is 14.6 Å². The minimum Gasteiger partial charge on any atom is -0.398 e. The van der Waals surface area contributed by atoms with E-state index in [1.807, 2.05) is 6.92 Å². The summed E-state index contributed by atoms with van der Waals surface area (Å²) in [5.74, 6) is -0.456. The number of aryl methyl sites for hydroxylation is 1. The third-order valence-corrected chi connectivity index (χ3v) is 5.36. The molecule has 104 valence electrons. The van der Waals surface area contributed by atoms with Crippen molar-refractivity contribution in [2.24, 2.45) is 0 Å². The molecule has 6 heteroatoms. The first-order chi connectivity index (χ1) is 8.82. The van der Waals surface area contributed by atoms with Gasteiger partial charge < -0.3 is 11.1 Å². The highest BCUT2D eigenvalue weighted by Gasteiger charge is 2.34. The van der Waals surface area contributed by atoms with Crippen molar-refractivity contribution in [2.75, 3.05) is 5.73 Å². The Balaban J connectivity index is 2.27. The number of nitrogens with one attached hydrogen (secondary N) is 1. The van der Waals surface area contributed by atoms with Crippen LogP contribution in [-0.4, -0.2) is 25.6 Å². The molecule has 3 N–H and O–H groups in total. The third-order valence-electron chi connectivity index (χ3n) is 3.23. The molecule has 1 aromatic rings. The highest BCUT2D eigenvalue weighted by atomic mass is 32.2. The molecule has 1 unspecified atom stereocenters. The molecule has 1 aromatic carbocycles. The SMILES string of the molecule is Cc1ccc(S(=O)(=O)C(C)C(=O)NC2CC2)c(N)c1. The van der Waals surface area contributed by atoms with Crippen molar-refractivity contribution >= 4 is 21.4 Å². The molecule has 1 aliphatic rings. The highest BCUT2D eigenvalue weighted by Crippen LogP contribution is 2.25. The molecular weight excluding hydrogens is 264 g/mol. The Bertz CT molecular complexity index is 606. The lowest BCUT2D eigenvalue weighted by Gasteiger charge is -2.14. The predicted molar refractivity (Wildman–Crippen MR) is 73.4 cm³/mol. The summed E-state index contributed by atoms with van der Waals surface area (Å²) in [4.78, 5) is 11.9. The Hall–Kier alpha value is -1.56. The quantitative estimate of drug-likeness (QED) is 0.807. The number of nitrogen functional groups attached to an aromatic ring is 1. The largest absolute Gasteiger partial charge is 0.398 e. The first kappa shape index (κ1) is 13.9. The maximum Gasteiger partial charge on any atom is 0.238 e. The van der Waals surface area contributed by atoms with Gasteiger partial charge in [-0.05, 0) is 44.4 Å². The summed E-state index contributed by atoms with van der Waals surface area (Å²) in [5.41, 5.74) is 6.82. The molecule has 0 heterocycles. The Morgan fingerprint density at radius 2 is 2.05 bits per heavy atom. The lowest BCUT2D eigenvalue weighted by atomic mass is 10.2. The van der Waals surface area contributed by atoms with Crippen molar-refractivity contribution < 1.29 is 13.2 Å². The summed E-state index contributed by atoms with van der Waals surface area (Å²) in [6.45, 7) is 3.22. The van der Waals surface area contributed by atoms with Crippen molar-refractivity contribution in [3.63, 3.8) is 0 Å². The average molecular weight is 282 g/mol. The minimum absolute atomic E-state index is 0.0246. The molecule has 0 radical (unpaired) electrons. The zero-order valence-electron chi connectivity index (χ0n) is 11.0. The van der Waals surface area contributed by atoms with E-state index in [0.717, 1.165) is 18.4 Å². The molecule has 19 heavy (non-hydrogen) atoms. The average Bonchev–Trinajstić information content (AvgIpc) is 3.11. The van der Waals surface area contributed by atoms with Gasteiger partial charge in [0.05, 0.1) is 10.6 Å². The molecule has 1 atom stereocenters. The van der Waals surface area contributed by atoms with E-state index in [2.05, 4.69) is 5.32 Å². The van der Waals surface area contributed by atoms with Gasteiger partial charge in [0.1, 0.15) is 5.25 Å². The van der Waals surface area contributed by atoms with Crippen LogP contribution in [0.25, 0.3) is 0 Å². The summed E-state index contributed by atoms with van der Waals surface area (Å²) in [6.07, 6.45) is 1.84. The summed E-state index contributed by atoms with van der Waals surface area (Å²) in [7, 11) is -3.74. The molecular formula is C13H18N2O3S. The van der Waals surface area contributed by atoms with Gasteiger partial charge in [-0.3, -0.25) is 4.79 Å². The molecule has 0 saturated heterocycles. The van der Waals surface area contributed by atoms with Crippen LogP contribution in [0.2, 0.25) is 0 Å². The lowest BCUT2D eigenvalue weighted by molar-refractivity contribution is -0.120. The second-order valence-electron chi connectivity index (χ2n) is 5.01. The van der Waals surface area contributed by atoms with Crippen LogP contribution in [0.4, 0.5) is 5.69 Å². The number of amides is 1. The molecule has 2 rings (SSSR count). The molecule has 1 saturated carbocycles. The number of sulfone groups is 1. The van der Waals surface area contributed by atoms with Crippen LogP contribution in [0.15, 0.2) is 23.1 Å². The number of carbonyl (C=O) groups is 1. The molecule has 1 amide bonds.